The van der Waals surface area contributed by atoms with Gasteiger partial charge in [-0.1, -0.05) is 13.0 Å². The third kappa shape index (κ3) is 6.59. The number of carbonyl (C=O) groups excluding carboxylic acids is 2. The van der Waals surface area contributed by atoms with Gasteiger partial charge in [0, 0.05) is 17.8 Å². The summed E-state index contributed by atoms with van der Waals surface area (Å²) in [6.07, 6.45) is 3.86. The summed E-state index contributed by atoms with van der Waals surface area (Å²) in [5, 5.41) is 8.95. The van der Waals surface area contributed by atoms with Crippen molar-refractivity contribution in [2.75, 3.05) is 23.7 Å². The van der Waals surface area contributed by atoms with Gasteiger partial charge < -0.3 is 16.0 Å². The molecule has 23 heavy (non-hydrogen) atoms. The van der Waals surface area contributed by atoms with Gasteiger partial charge in [0.25, 0.3) is 0 Å². The topological polar surface area (TPSA) is 70.2 Å². The third-order valence-corrected chi connectivity index (χ3v) is 3.77. The average Bonchev–Trinajstić information content (AvgIpc) is 3.28. The highest BCUT2D eigenvalue weighted by Gasteiger charge is 2.20. The first-order valence-corrected chi connectivity index (χ1v) is 8.00. The number of nitrogens with one attached hydrogen (secondary N) is 3. The Labute approximate surface area is 144 Å². The fourth-order valence-electron chi connectivity index (χ4n) is 2.25. The van der Waals surface area contributed by atoms with Gasteiger partial charge in [0.05, 0.1) is 6.54 Å². The molecule has 3 N–H and O–H groups in total. The summed E-state index contributed by atoms with van der Waals surface area (Å²) in [4.78, 5) is 23.6. The van der Waals surface area contributed by atoms with Crippen LogP contribution in [0.1, 0.15) is 38.2 Å². The Kier molecular flexibility index (Phi) is 8.06. The van der Waals surface area contributed by atoms with Crippen molar-refractivity contribution >= 4 is 35.6 Å². The highest BCUT2D eigenvalue weighted by atomic mass is 35.5. The van der Waals surface area contributed by atoms with E-state index in [1.807, 2.05) is 32.0 Å². The molecule has 0 bridgehead atoms. The lowest BCUT2D eigenvalue weighted by Crippen LogP contribution is -2.29. The Bertz CT molecular complexity index is 545. The Morgan fingerprint density at radius 2 is 1.74 bits per heavy atom. The quantitative estimate of drug-likeness (QED) is 0.681. The van der Waals surface area contributed by atoms with Crippen molar-refractivity contribution in [3.05, 3.63) is 23.8 Å². The average molecular weight is 340 g/mol. The van der Waals surface area contributed by atoms with Gasteiger partial charge in [-0.3, -0.25) is 9.59 Å². The molecule has 1 fully saturated rings. The highest BCUT2D eigenvalue weighted by Crippen LogP contribution is 2.27. The molecule has 2 amide bonds. The van der Waals surface area contributed by atoms with E-state index in [1.54, 1.807) is 0 Å². The zero-order valence-electron chi connectivity index (χ0n) is 13.8. The molecule has 1 aromatic carbocycles. The number of rotatable bonds is 8. The van der Waals surface area contributed by atoms with Crippen molar-refractivity contribution in [3.8, 4) is 0 Å². The number of benzene rings is 1. The second-order valence-electron chi connectivity index (χ2n) is 5.90. The van der Waals surface area contributed by atoms with Gasteiger partial charge in [0.15, 0.2) is 0 Å². The molecule has 0 unspecified atom stereocenters. The Morgan fingerprint density at radius 3 is 2.30 bits per heavy atom. The van der Waals surface area contributed by atoms with Crippen LogP contribution in [0, 0.1) is 12.8 Å². The standard InChI is InChI=1S/C17H25N3O2.ClH/c1-3-5-16(21)19-14-6-4-7-15(12(14)2)20-17(22)11-18-10-13-8-9-13;/h4,6-7,13,18H,3,5,8-11H2,1-2H3,(H,19,21)(H,20,22);1H. The van der Waals surface area contributed by atoms with Crippen LogP contribution in [-0.2, 0) is 9.59 Å². The molecule has 0 heterocycles. The fraction of sp³-hybridized carbons (Fsp3) is 0.529. The SMILES string of the molecule is CCCC(=O)Nc1cccc(NC(=O)CNCC2CC2)c1C.Cl. The molecule has 2 rings (SSSR count). The van der Waals surface area contributed by atoms with E-state index < -0.39 is 0 Å². The molecular weight excluding hydrogens is 314 g/mol. The van der Waals surface area contributed by atoms with Crippen molar-refractivity contribution in [1.29, 1.82) is 0 Å². The molecule has 5 nitrogen and oxygen atoms in total. The summed E-state index contributed by atoms with van der Waals surface area (Å²) in [5.74, 6) is 0.701. The van der Waals surface area contributed by atoms with E-state index in [4.69, 9.17) is 0 Å². The van der Waals surface area contributed by atoms with Gasteiger partial charge in [-0.15, -0.1) is 12.4 Å². The first-order chi connectivity index (χ1) is 10.6. The number of carbonyl (C=O) groups is 2. The van der Waals surface area contributed by atoms with Crippen molar-refractivity contribution in [1.82, 2.24) is 5.32 Å². The number of anilines is 2. The van der Waals surface area contributed by atoms with Crippen molar-refractivity contribution < 1.29 is 9.59 Å². The lowest BCUT2D eigenvalue weighted by Gasteiger charge is -2.13. The first kappa shape index (κ1) is 19.5. The monoisotopic (exact) mass is 339 g/mol. The summed E-state index contributed by atoms with van der Waals surface area (Å²) in [6, 6.07) is 5.54. The molecule has 0 spiro atoms. The molecule has 6 heteroatoms. The number of amides is 2. The second kappa shape index (κ2) is 9.53. The van der Waals surface area contributed by atoms with E-state index in [0.717, 1.165) is 35.8 Å². The predicted molar refractivity (Wildman–Crippen MR) is 96.2 cm³/mol. The maximum atomic E-state index is 11.9. The minimum absolute atomic E-state index is 0. The molecular formula is C17H26ClN3O2. The molecule has 0 aliphatic heterocycles. The largest absolute Gasteiger partial charge is 0.326 e. The number of hydrogen-bond acceptors (Lipinski definition) is 3. The van der Waals surface area contributed by atoms with Gasteiger partial charge in [0.2, 0.25) is 11.8 Å². The Balaban J connectivity index is 0.00000264. The summed E-state index contributed by atoms with van der Waals surface area (Å²) in [6.45, 7) is 5.11. The summed E-state index contributed by atoms with van der Waals surface area (Å²) in [5.41, 5.74) is 2.37. The molecule has 128 valence electrons. The maximum absolute atomic E-state index is 11.9. The van der Waals surface area contributed by atoms with Crippen LogP contribution < -0.4 is 16.0 Å². The van der Waals surface area contributed by atoms with Crippen LogP contribution in [-0.4, -0.2) is 24.9 Å². The van der Waals surface area contributed by atoms with Crippen LogP contribution in [0.15, 0.2) is 18.2 Å². The van der Waals surface area contributed by atoms with Gasteiger partial charge in [-0.05, 0) is 56.3 Å². The van der Waals surface area contributed by atoms with E-state index in [1.165, 1.54) is 12.8 Å². The number of halogens is 1. The normalized spacial score (nSPS) is 13.1. The molecule has 1 aliphatic rings. The molecule has 1 saturated carbocycles. The molecule has 0 aromatic heterocycles. The molecule has 0 atom stereocenters. The minimum atomic E-state index is -0.0548. The second-order valence-corrected chi connectivity index (χ2v) is 5.90. The summed E-state index contributed by atoms with van der Waals surface area (Å²) in [7, 11) is 0. The van der Waals surface area contributed by atoms with Crippen LogP contribution >= 0.6 is 12.4 Å². The van der Waals surface area contributed by atoms with Gasteiger partial charge >= 0.3 is 0 Å². The van der Waals surface area contributed by atoms with Crippen molar-refractivity contribution in [3.63, 3.8) is 0 Å². The third-order valence-electron chi connectivity index (χ3n) is 3.77. The molecule has 1 aliphatic carbocycles. The molecule has 0 radical (unpaired) electrons. The lowest BCUT2D eigenvalue weighted by atomic mass is 10.1. The smallest absolute Gasteiger partial charge is 0.238 e. The van der Waals surface area contributed by atoms with Gasteiger partial charge in [-0.2, -0.15) is 0 Å². The zero-order chi connectivity index (χ0) is 15.9. The van der Waals surface area contributed by atoms with E-state index in [0.29, 0.717) is 13.0 Å². The number of hydrogen-bond donors (Lipinski definition) is 3. The summed E-state index contributed by atoms with van der Waals surface area (Å²) < 4.78 is 0. The van der Waals surface area contributed by atoms with Gasteiger partial charge in [-0.25, -0.2) is 0 Å². The highest BCUT2D eigenvalue weighted by molar-refractivity contribution is 5.96. The lowest BCUT2D eigenvalue weighted by molar-refractivity contribution is -0.116. The van der Waals surface area contributed by atoms with E-state index >= 15 is 0 Å². The Morgan fingerprint density at radius 1 is 1.13 bits per heavy atom. The van der Waals surface area contributed by atoms with Crippen molar-refractivity contribution in [2.45, 2.75) is 39.5 Å². The van der Waals surface area contributed by atoms with Crippen LogP contribution in [0.5, 0.6) is 0 Å². The van der Waals surface area contributed by atoms with Crippen LogP contribution in [0.25, 0.3) is 0 Å². The minimum Gasteiger partial charge on any atom is -0.326 e. The van der Waals surface area contributed by atoms with Crippen LogP contribution in [0.4, 0.5) is 11.4 Å². The Hall–Kier alpha value is -1.59. The van der Waals surface area contributed by atoms with Crippen LogP contribution in [0.3, 0.4) is 0 Å². The van der Waals surface area contributed by atoms with Crippen LogP contribution in [0.2, 0.25) is 0 Å². The molecule has 0 saturated heterocycles. The van der Waals surface area contributed by atoms with E-state index in [2.05, 4.69) is 16.0 Å². The summed E-state index contributed by atoms with van der Waals surface area (Å²) >= 11 is 0. The predicted octanol–water partition coefficient (Wildman–Crippen LogP) is 3.09. The van der Waals surface area contributed by atoms with E-state index in [9.17, 15) is 9.59 Å². The van der Waals surface area contributed by atoms with Gasteiger partial charge in [0.1, 0.15) is 0 Å². The first-order valence-electron chi connectivity index (χ1n) is 8.00. The molecule has 1 aromatic rings. The fourth-order valence-corrected chi connectivity index (χ4v) is 2.25. The zero-order valence-corrected chi connectivity index (χ0v) is 14.6. The van der Waals surface area contributed by atoms with E-state index in [-0.39, 0.29) is 24.2 Å². The van der Waals surface area contributed by atoms with Crippen molar-refractivity contribution in [2.24, 2.45) is 5.92 Å². The maximum Gasteiger partial charge on any atom is 0.238 e.